The fraction of sp³-hybridized carbons (Fsp3) is 0.846. The molecule has 1 unspecified atom stereocenters. The van der Waals surface area contributed by atoms with E-state index in [-0.39, 0.29) is 11.5 Å². The first-order chi connectivity index (χ1) is 14.3. The molecule has 0 rings (SSSR count). The predicted octanol–water partition coefficient (Wildman–Crippen LogP) is 7.54. The zero-order valence-electron chi connectivity index (χ0n) is 20.5. The predicted molar refractivity (Wildman–Crippen MR) is 125 cm³/mol. The third kappa shape index (κ3) is 18.7. The van der Waals surface area contributed by atoms with Gasteiger partial charge >= 0.3 is 11.9 Å². The smallest absolute Gasteiger partial charge is 0.331 e. The second-order valence-electron chi connectivity index (χ2n) is 9.54. The van der Waals surface area contributed by atoms with Crippen molar-refractivity contribution in [3.05, 3.63) is 12.2 Å². The number of ether oxygens (including phenoxy) is 2. The summed E-state index contributed by atoms with van der Waals surface area (Å²) >= 11 is 0. The molecule has 0 fully saturated rings. The monoisotopic (exact) mass is 424 g/mol. The van der Waals surface area contributed by atoms with Crippen molar-refractivity contribution in [1.29, 1.82) is 0 Å². The molecule has 0 aromatic heterocycles. The Hall–Kier alpha value is -1.32. The summed E-state index contributed by atoms with van der Waals surface area (Å²) in [4.78, 5) is 23.3. The van der Waals surface area contributed by atoms with Gasteiger partial charge in [-0.2, -0.15) is 0 Å². The molecule has 4 nitrogen and oxygen atoms in total. The highest BCUT2D eigenvalue weighted by atomic mass is 16.5. The molecule has 0 aromatic carbocycles. The number of rotatable bonds is 18. The Morgan fingerprint density at radius 1 is 0.700 bits per heavy atom. The van der Waals surface area contributed by atoms with E-state index in [4.69, 9.17) is 9.47 Å². The molecule has 30 heavy (non-hydrogen) atoms. The van der Waals surface area contributed by atoms with E-state index in [0.717, 1.165) is 25.0 Å². The summed E-state index contributed by atoms with van der Waals surface area (Å²) in [5.41, 5.74) is -0.127. The molecule has 4 heteroatoms. The molecule has 0 spiro atoms. The molecule has 0 amide bonds. The van der Waals surface area contributed by atoms with E-state index < -0.39 is 11.9 Å². The Morgan fingerprint density at radius 2 is 1.10 bits per heavy atom. The molecule has 0 N–H and O–H groups in total. The topological polar surface area (TPSA) is 52.6 Å². The summed E-state index contributed by atoms with van der Waals surface area (Å²) in [7, 11) is 0. The summed E-state index contributed by atoms with van der Waals surface area (Å²) in [6.45, 7) is 10.5. The Morgan fingerprint density at radius 3 is 1.53 bits per heavy atom. The minimum Gasteiger partial charge on any atom is -0.463 e. The summed E-state index contributed by atoms with van der Waals surface area (Å²) in [5.74, 6) is -0.990. The lowest BCUT2D eigenvalue weighted by Gasteiger charge is -2.26. The summed E-state index contributed by atoms with van der Waals surface area (Å²) < 4.78 is 10.4. The molecule has 0 bridgehead atoms. The fourth-order valence-electron chi connectivity index (χ4n) is 3.04. The van der Waals surface area contributed by atoms with E-state index in [1.807, 2.05) is 27.7 Å². The molecular weight excluding hydrogens is 376 g/mol. The molecule has 0 radical (unpaired) electrons. The van der Waals surface area contributed by atoms with Gasteiger partial charge < -0.3 is 9.47 Å². The van der Waals surface area contributed by atoms with Crippen LogP contribution >= 0.6 is 0 Å². The van der Waals surface area contributed by atoms with E-state index in [9.17, 15) is 9.59 Å². The number of esters is 2. The van der Waals surface area contributed by atoms with Crippen LogP contribution in [0.4, 0.5) is 0 Å². The molecule has 1 atom stereocenters. The van der Waals surface area contributed by atoms with Crippen molar-refractivity contribution in [2.45, 2.75) is 131 Å². The normalized spacial score (nSPS) is 12.8. The largest absolute Gasteiger partial charge is 0.463 e. The number of unbranched alkanes of at least 4 members (excludes halogenated alkanes) is 13. The van der Waals surface area contributed by atoms with E-state index in [2.05, 4.69) is 6.92 Å². The average molecular weight is 425 g/mol. The summed E-state index contributed by atoms with van der Waals surface area (Å²) in [6.07, 6.45) is 20.3. The molecule has 0 aliphatic rings. The molecule has 0 heterocycles. The third-order valence-electron chi connectivity index (χ3n) is 5.61. The van der Waals surface area contributed by atoms with Gasteiger partial charge in [0.15, 0.2) is 0 Å². The van der Waals surface area contributed by atoms with Gasteiger partial charge in [-0.05, 0) is 18.8 Å². The standard InChI is InChI=1S/C26H48O4/c1-6-7-8-9-10-11-12-13-14-15-16-17-18-19-22-29-24(27)20-21-25(28)30-23(2)26(3,4)5/h20-21,23H,6-19,22H2,1-5H3/b21-20+. The summed E-state index contributed by atoms with van der Waals surface area (Å²) in [5, 5.41) is 0. The maximum atomic E-state index is 11.7. The van der Waals surface area contributed by atoms with Gasteiger partial charge in [0.1, 0.15) is 6.10 Å². The zero-order valence-corrected chi connectivity index (χ0v) is 20.5. The zero-order chi connectivity index (χ0) is 22.7. The average Bonchev–Trinajstić information content (AvgIpc) is 2.68. The molecular formula is C26H48O4. The first kappa shape index (κ1) is 28.7. The van der Waals surface area contributed by atoms with E-state index in [1.54, 1.807) is 0 Å². The van der Waals surface area contributed by atoms with Crippen molar-refractivity contribution < 1.29 is 19.1 Å². The van der Waals surface area contributed by atoms with Crippen molar-refractivity contribution in [2.75, 3.05) is 6.61 Å². The van der Waals surface area contributed by atoms with Crippen LogP contribution < -0.4 is 0 Å². The van der Waals surface area contributed by atoms with Gasteiger partial charge in [-0.1, -0.05) is 111 Å². The number of carbonyl (C=O) groups is 2. The van der Waals surface area contributed by atoms with Gasteiger partial charge in [-0.25, -0.2) is 9.59 Å². The first-order valence-electron chi connectivity index (χ1n) is 12.3. The minimum atomic E-state index is -0.508. The van der Waals surface area contributed by atoms with Crippen molar-refractivity contribution in [1.82, 2.24) is 0 Å². The van der Waals surface area contributed by atoms with Crippen LogP contribution in [0.1, 0.15) is 125 Å². The highest BCUT2D eigenvalue weighted by Crippen LogP contribution is 2.21. The molecule has 0 saturated carbocycles. The highest BCUT2D eigenvalue weighted by molar-refractivity contribution is 5.91. The lowest BCUT2D eigenvalue weighted by atomic mass is 9.90. The van der Waals surface area contributed by atoms with Crippen LogP contribution in [-0.2, 0) is 19.1 Å². The molecule has 176 valence electrons. The van der Waals surface area contributed by atoms with Crippen molar-refractivity contribution in [3.63, 3.8) is 0 Å². The fourth-order valence-corrected chi connectivity index (χ4v) is 3.04. The molecule has 0 saturated heterocycles. The van der Waals surface area contributed by atoms with Crippen molar-refractivity contribution in [2.24, 2.45) is 5.41 Å². The Labute approximate surface area is 186 Å². The summed E-state index contributed by atoms with van der Waals surface area (Å²) in [6, 6.07) is 0. The SMILES string of the molecule is CCCCCCCCCCCCCCCCOC(=O)/C=C/C(=O)OC(C)C(C)(C)C. The number of carbonyl (C=O) groups excluding carboxylic acids is 2. The Kier molecular flexibility index (Phi) is 17.6. The van der Waals surface area contributed by atoms with Gasteiger partial charge in [0, 0.05) is 12.2 Å². The lowest BCUT2D eigenvalue weighted by molar-refractivity contribution is -0.147. The van der Waals surface area contributed by atoms with Crippen LogP contribution in [0.5, 0.6) is 0 Å². The lowest BCUT2D eigenvalue weighted by Crippen LogP contribution is -2.28. The van der Waals surface area contributed by atoms with Gasteiger partial charge in [0.25, 0.3) is 0 Å². The van der Waals surface area contributed by atoms with E-state index in [0.29, 0.717) is 6.61 Å². The number of hydrogen-bond donors (Lipinski definition) is 0. The first-order valence-corrected chi connectivity index (χ1v) is 12.3. The van der Waals surface area contributed by atoms with Crippen molar-refractivity contribution >= 4 is 11.9 Å². The molecule has 0 aliphatic heterocycles. The quantitative estimate of drug-likeness (QED) is 0.129. The maximum Gasteiger partial charge on any atom is 0.331 e. The van der Waals surface area contributed by atoms with E-state index in [1.165, 1.54) is 77.0 Å². The van der Waals surface area contributed by atoms with Gasteiger partial charge in [0.2, 0.25) is 0 Å². The second-order valence-corrected chi connectivity index (χ2v) is 9.54. The van der Waals surface area contributed by atoms with Gasteiger partial charge in [-0.3, -0.25) is 0 Å². The van der Waals surface area contributed by atoms with Crippen LogP contribution in [0.2, 0.25) is 0 Å². The Balaban J connectivity index is 3.48. The van der Waals surface area contributed by atoms with Gasteiger partial charge in [-0.15, -0.1) is 0 Å². The van der Waals surface area contributed by atoms with Crippen LogP contribution in [0.15, 0.2) is 12.2 Å². The minimum absolute atomic E-state index is 0.127. The molecule has 0 aliphatic carbocycles. The second kappa shape index (κ2) is 18.4. The van der Waals surface area contributed by atoms with Crippen LogP contribution in [0, 0.1) is 5.41 Å². The molecule has 0 aromatic rings. The van der Waals surface area contributed by atoms with E-state index >= 15 is 0 Å². The number of hydrogen-bond acceptors (Lipinski definition) is 4. The van der Waals surface area contributed by atoms with Crippen LogP contribution in [0.3, 0.4) is 0 Å². The van der Waals surface area contributed by atoms with Crippen LogP contribution in [0.25, 0.3) is 0 Å². The Bertz CT molecular complexity index is 462. The maximum absolute atomic E-state index is 11.7. The highest BCUT2D eigenvalue weighted by Gasteiger charge is 2.22. The van der Waals surface area contributed by atoms with Crippen LogP contribution in [-0.4, -0.2) is 24.6 Å². The third-order valence-corrected chi connectivity index (χ3v) is 5.61. The van der Waals surface area contributed by atoms with Crippen molar-refractivity contribution in [3.8, 4) is 0 Å². The van der Waals surface area contributed by atoms with Gasteiger partial charge in [0.05, 0.1) is 6.61 Å².